The van der Waals surface area contributed by atoms with E-state index in [-0.39, 0.29) is 5.91 Å². The van der Waals surface area contributed by atoms with Gasteiger partial charge in [-0.2, -0.15) is 5.10 Å². The Bertz CT molecular complexity index is 429. The highest BCUT2D eigenvalue weighted by molar-refractivity contribution is 5.93. The van der Waals surface area contributed by atoms with Crippen LogP contribution >= 0.6 is 0 Å². The van der Waals surface area contributed by atoms with E-state index in [1.165, 1.54) is 30.4 Å². The van der Waals surface area contributed by atoms with Crippen molar-refractivity contribution < 1.29 is 14.7 Å². The van der Waals surface area contributed by atoms with Gasteiger partial charge in [0.25, 0.3) is 5.91 Å². The van der Waals surface area contributed by atoms with E-state index < -0.39 is 12.0 Å². The molecule has 0 radical (unpaired) electrons. The number of carboxylic acid groups (broad SMARTS) is 1. The van der Waals surface area contributed by atoms with Crippen LogP contribution < -0.4 is 5.32 Å². The summed E-state index contributed by atoms with van der Waals surface area (Å²) in [7, 11) is 0. The quantitative estimate of drug-likeness (QED) is 0.704. The minimum absolute atomic E-state index is 0.208. The number of carbonyl (C=O) groups excluding carboxylic acids is 1. The summed E-state index contributed by atoms with van der Waals surface area (Å²) in [6, 6.07) is -0.772. The molecule has 0 aliphatic rings. The fourth-order valence-electron chi connectivity index (χ4n) is 1.64. The standard InChI is InChI=1S/C13H21N3O3/c1-3-4-5-6-7-14-12(17)11-8-15-16(9-11)10(2)13(18)19/h8-10H,3-7H2,1-2H3,(H,14,17)(H,18,19). The molecular weight excluding hydrogens is 246 g/mol. The molecule has 0 fully saturated rings. The average molecular weight is 267 g/mol. The van der Waals surface area contributed by atoms with E-state index in [0.717, 1.165) is 19.3 Å². The molecule has 1 aromatic rings. The van der Waals surface area contributed by atoms with Crippen LogP contribution in [0.1, 0.15) is 55.9 Å². The van der Waals surface area contributed by atoms with Crippen LogP contribution in [0.25, 0.3) is 0 Å². The third-order valence-electron chi connectivity index (χ3n) is 2.93. The first-order chi connectivity index (χ1) is 9.06. The molecule has 0 aliphatic carbocycles. The van der Waals surface area contributed by atoms with Crippen molar-refractivity contribution in [2.24, 2.45) is 0 Å². The van der Waals surface area contributed by atoms with Crippen LogP contribution in [0.4, 0.5) is 0 Å². The molecule has 1 unspecified atom stereocenters. The van der Waals surface area contributed by atoms with Crippen molar-refractivity contribution in [2.75, 3.05) is 6.54 Å². The Hall–Kier alpha value is -1.85. The Morgan fingerprint density at radius 3 is 2.79 bits per heavy atom. The number of nitrogens with zero attached hydrogens (tertiary/aromatic N) is 2. The molecule has 1 atom stereocenters. The molecule has 0 bridgehead atoms. The smallest absolute Gasteiger partial charge is 0.328 e. The fourth-order valence-corrected chi connectivity index (χ4v) is 1.64. The number of carbonyl (C=O) groups is 2. The van der Waals surface area contributed by atoms with Gasteiger partial charge < -0.3 is 10.4 Å². The largest absolute Gasteiger partial charge is 0.480 e. The Kier molecular flexibility index (Phi) is 6.05. The highest BCUT2D eigenvalue weighted by Crippen LogP contribution is 2.06. The topological polar surface area (TPSA) is 84.2 Å². The lowest BCUT2D eigenvalue weighted by atomic mass is 10.2. The predicted molar refractivity (Wildman–Crippen MR) is 71.0 cm³/mol. The average Bonchev–Trinajstić information content (AvgIpc) is 2.86. The number of hydrogen-bond acceptors (Lipinski definition) is 3. The van der Waals surface area contributed by atoms with Gasteiger partial charge in [-0.3, -0.25) is 9.48 Å². The zero-order valence-electron chi connectivity index (χ0n) is 11.4. The van der Waals surface area contributed by atoms with E-state index in [9.17, 15) is 9.59 Å². The molecule has 0 aromatic carbocycles. The van der Waals surface area contributed by atoms with Gasteiger partial charge in [0.2, 0.25) is 0 Å². The van der Waals surface area contributed by atoms with Crippen LogP contribution in [-0.2, 0) is 4.79 Å². The second-order valence-corrected chi connectivity index (χ2v) is 4.54. The van der Waals surface area contributed by atoms with Crippen LogP contribution in [0.3, 0.4) is 0 Å². The zero-order valence-corrected chi connectivity index (χ0v) is 11.4. The number of aromatic nitrogens is 2. The Morgan fingerprint density at radius 2 is 2.16 bits per heavy atom. The maximum atomic E-state index is 11.8. The minimum Gasteiger partial charge on any atom is -0.480 e. The van der Waals surface area contributed by atoms with E-state index in [0.29, 0.717) is 12.1 Å². The summed E-state index contributed by atoms with van der Waals surface area (Å²) in [5.41, 5.74) is 0.392. The lowest BCUT2D eigenvalue weighted by molar-refractivity contribution is -0.140. The third-order valence-corrected chi connectivity index (χ3v) is 2.93. The highest BCUT2D eigenvalue weighted by atomic mass is 16.4. The van der Waals surface area contributed by atoms with Gasteiger partial charge in [0.1, 0.15) is 6.04 Å². The van der Waals surface area contributed by atoms with Crippen LogP contribution in [-0.4, -0.2) is 33.3 Å². The van der Waals surface area contributed by atoms with Gasteiger partial charge in [-0.1, -0.05) is 26.2 Å². The van der Waals surface area contributed by atoms with Crippen molar-refractivity contribution in [2.45, 2.75) is 45.6 Å². The molecule has 1 heterocycles. The van der Waals surface area contributed by atoms with Crippen LogP contribution in [0.15, 0.2) is 12.4 Å². The van der Waals surface area contributed by atoms with Gasteiger partial charge in [0.15, 0.2) is 0 Å². The molecule has 6 nitrogen and oxygen atoms in total. The van der Waals surface area contributed by atoms with E-state index in [1.54, 1.807) is 0 Å². The lowest BCUT2D eigenvalue weighted by Gasteiger charge is -2.05. The number of aliphatic carboxylic acids is 1. The molecule has 0 spiro atoms. The lowest BCUT2D eigenvalue weighted by Crippen LogP contribution is -2.24. The van der Waals surface area contributed by atoms with Crippen molar-refractivity contribution in [3.05, 3.63) is 18.0 Å². The SMILES string of the molecule is CCCCCCNC(=O)c1cnn(C(C)C(=O)O)c1. The first kappa shape index (κ1) is 15.2. The van der Waals surface area contributed by atoms with E-state index in [4.69, 9.17) is 5.11 Å². The Balaban J connectivity index is 2.43. The molecule has 0 saturated carbocycles. The number of nitrogens with one attached hydrogen (secondary N) is 1. The molecule has 2 N–H and O–H groups in total. The molecule has 0 aliphatic heterocycles. The van der Waals surface area contributed by atoms with E-state index in [2.05, 4.69) is 17.3 Å². The fraction of sp³-hybridized carbons (Fsp3) is 0.615. The summed E-state index contributed by atoms with van der Waals surface area (Å²) in [5.74, 6) is -1.19. The molecule has 1 amide bonds. The summed E-state index contributed by atoms with van der Waals surface area (Å²) in [6.07, 6.45) is 7.24. The van der Waals surface area contributed by atoms with Gasteiger partial charge in [-0.15, -0.1) is 0 Å². The van der Waals surface area contributed by atoms with Crippen LogP contribution in [0.2, 0.25) is 0 Å². The molecule has 0 saturated heterocycles. The monoisotopic (exact) mass is 267 g/mol. The minimum atomic E-state index is -0.977. The molecule has 6 heteroatoms. The third kappa shape index (κ3) is 4.73. The number of amides is 1. The maximum Gasteiger partial charge on any atom is 0.328 e. The normalized spacial score (nSPS) is 12.1. The van der Waals surface area contributed by atoms with Gasteiger partial charge >= 0.3 is 5.97 Å². The molecule has 1 rings (SSSR count). The number of rotatable bonds is 8. The van der Waals surface area contributed by atoms with E-state index >= 15 is 0 Å². The second kappa shape index (κ2) is 7.56. The molecule has 19 heavy (non-hydrogen) atoms. The van der Waals surface area contributed by atoms with Crippen molar-refractivity contribution in [3.8, 4) is 0 Å². The first-order valence-electron chi connectivity index (χ1n) is 6.61. The van der Waals surface area contributed by atoms with Gasteiger partial charge in [0.05, 0.1) is 11.8 Å². The van der Waals surface area contributed by atoms with Gasteiger partial charge in [-0.05, 0) is 13.3 Å². The molecule has 106 valence electrons. The molecular formula is C13H21N3O3. The summed E-state index contributed by atoms with van der Waals surface area (Å²) < 4.78 is 1.27. The van der Waals surface area contributed by atoms with Crippen molar-refractivity contribution in [1.82, 2.24) is 15.1 Å². The summed E-state index contributed by atoms with van der Waals surface area (Å²) in [4.78, 5) is 22.6. The second-order valence-electron chi connectivity index (χ2n) is 4.54. The Labute approximate surface area is 112 Å². The van der Waals surface area contributed by atoms with Crippen molar-refractivity contribution >= 4 is 11.9 Å². The van der Waals surface area contributed by atoms with Gasteiger partial charge in [-0.25, -0.2) is 4.79 Å². The van der Waals surface area contributed by atoms with E-state index in [1.807, 2.05) is 0 Å². The van der Waals surface area contributed by atoms with Crippen LogP contribution in [0.5, 0.6) is 0 Å². The van der Waals surface area contributed by atoms with Crippen molar-refractivity contribution in [3.63, 3.8) is 0 Å². The molecule has 1 aromatic heterocycles. The van der Waals surface area contributed by atoms with Gasteiger partial charge in [0, 0.05) is 12.7 Å². The number of hydrogen-bond donors (Lipinski definition) is 2. The maximum absolute atomic E-state index is 11.8. The summed E-state index contributed by atoms with van der Waals surface area (Å²) >= 11 is 0. The zero-order chi connectivity index (χ0) is 14.3. The van der Waals surface area contributed by atoms with Crippen molar-refractivity contribution in [1.29, 1.82) is 0 Å². The predicted octanol–water partition coefficient (Wildman–Crippen LogP) is 1.84. The number of carboxylic acids is 1. The first-order valence-corrected chi connectivity index (χ1v) is 6.61. The number of unbranched alkanes of at least 4 members (excludes halogenated alkanes) is 3. The Morgan fingerprint density at radius 1 is 1.42 bits per heavy atom. The summed E-state index contributed by atoms with van der Waals surface area (Å²) in [6.45, 7) is 4.29. The highest BCUT2D eigenvalue weighted by Gasteiger charge is 2.16. The van der Waals surface area contributed by atoms with Crippen LogP contribution in [0, 0.1) is 0 Å². The summed E-state index contributed by atoms with van der Waals surface area (Å²) in [5, 5.41) is 15.5.